The minimum absolute atomic E-state index is 0.00196. The van der Waals surface area contributed by atoms with Crippen LogP contribution in [-0.2, 0) is 16.0 Å². The topological polar surface area (TPSA) is 64.7 Å². The summed E-state index contributed by atoms with van der Waals surface area (Å²) in [4.78, 5) is 29.3. The summed E-state index contributed by atoms with van der Waals surface area (Å²) in [7, 11) is 0. The predicted molar refractivity (Wildman–Crippen MR) is 122 cm³/mol. The van der Waals surface area contributed by atoms with Crippen molar-refractivity contribution in [2.24, 2.45) is 0 Å². The third kappa shape index (κ3) is 6.05. The number of rotatable bonds is 7. The number of hydrogen-bond donors (Lipinski definition) is 2. The maximum Gasteiger partial charge on any atom is 0.241 e. The van der Waals surface area contributed by atoms with Gasteiger partial charge in [0.2, 0.25) is 11.8 Å². The molecule has 7 heteroatoms. The van der Waals surface area contributed by atoms with Gasteiger partial charge < -0.3 is 10.6 Å². The van der Waals surface area contributed by atoms with Gasteiger partial charge in [0.25, 0.3) is 0 Å². The lowest BCUT2D eigenvalue weighted by Gasteiger charge is -2.37. The summed E-state index contributed by atoms with van der Waals surface area (Å²) in [5, 5.41) is 6.59. The molecule has 0 radical (unpaired) electrons. The zero-order valence-corrected chi connectivity index (χ0v) is 18.3. The number of carbonyl (C=O) groups excluding carboxylic acids is 2. The third-order valence-electron chi connectivity index (χ3n) is 5.49. The van der Waals surface area contributed by atoms with Crippen molar-refractivity contribution in [1.82, 2.24) is 9.80 Å². The molecule has 1 aliphatic heterocycles. The first kappa shape index (κ1) is 22.3. The summed E-state index contributed by atoms with van der Waals surface area (Å²) in [6.45, 7) is 7.34. The molecule has 1 fully saturated rings. The van der Waals surface area contributed by atoms with E-state index in [1.54, 1.807) is 24.3 Å². The Labute approximate surface area is 183 Å². The van der Waals surface area contributed by atoms with Crippen molar-refractivity contribution in [3.63, 3.8) is 0 Å². The molecule has 1 aliphatic rings. The molecule has 0 unspecified atom stereocenters. The van der Waals surface area contributed by atoms with Crippen molar-refractivity contribution >= 4 is 34.8 Å². The fourth-order valence-electron chi connectivity index (χ4n) is 3.60. The number of para-hydroxylation sites is 1. The van der Waals surface area contributed by atoms with Crippen LogP contribution < -0.4 is 10.6 Å². The molecule has 3 rings (SSSR count). The lowest BCUT2D eigenvalue weighted by molar-refractivity contribution is -0.122. The Morgan fingerprint density at radius 1 is 1.00 bits per heavy atom. The standard InChI is InChI=1S/C23H29ClN4O2/c1-3-18-6-4-5-7-21(18)26-22(29)16-27-12-14-28(15-13-27)17(2)23(30)25-20-10-8-19(24)9-11-20/h4-11,17H,3,12-16H2,1-2H3,(H,25,30)(H,26,29)/t17-/m1/s1. The molecule has 2 N–H and O–H groups in total. The second-order valence-corrected chi connectivity index (χ2v) is 7.98. The van der Waals surface area contributed by atoms with E-state index < -0.39 is 0 Å². The number of benzene rings is 2. The largest absolute Gasteiger partial charge is 0.325 e. The number of halogens is 1. The van der Waals surface area contributed by atoms with E-state index in [1.807, 2.05) is 31.2 Å². The Balaban J connectivity index is 1.45. The highest BCUT2D eigenvalue weighted by Crippen LogP contribution is 2.16. The molecular weight excluding hydrogens is 400 g/mol. The van der Waals surface area contributed by atoms with Crippen LogP contribution in [0.2, 0.25) is 5.02 Å². The van der Waals surface area contributed by atoms with Crippen LogP contribution in [0, 0.1) is 0 Å². The molecule has 2 amide bonds. The monoisotopic (exact) mass is 428 g/mol. The normalized spacial score (nSPS) is 16.1. The van der Waals surface area contributed by atoms with Crippen LogP contribution in [-0.4, -0.2) is 60.4 Å². The van der Waals surface area contributed by atoms with Gasteiger partial charge in [-0.15, -0.1) is 0 Å². The summed E-state index contributed by atoms with van der Waals surface area (Å²) < 4.78 is 0. The van der Waals surface area contributed by atoms with E-state index in [0.717, 1.165) is 49.5 Å². The van der Waals surface area contributed by atoms with Gasteiger partial charge in [-0.05, 0) is 49.2 Å². The third-order valence-corrected chi connectivity index (χ3v) is 5.74. The highest BCUT2D eigenvalue weighted by Gasteiger charge is 2.26. The number of aryl methyl sites for hydroxylation is 1. The number of piperazine rings is 1. The molecule has 160 valence electrons. The van der Waals surface area contributed by atoms with Gasteiger partial charge >= 0.3 is 0 Å². The van der Waals surface area contributed by atoms with Crippen molar-refractivity contribution in [1.29, 1.82) is 0 Å². The minimum atomic E-state index is -0.243. The summed E-state index contributed by atoms with van der Waals surface area (Å²) >= 11 is 5.89. The SMILES string of the molecule is CCc1ccccc1NC(=O)CN1CCN([C@H](C)C(=O)Nc2ccc(Cl)cc2)CC1. The van der Waals surface area contributed by atoms with Crippen LogP contribution in [0.4, 0.5) is 11.4 Å². The van der Waals surface area contributed by atoms with Gasteiger partial charge in [0.15, 0.2) is 0 Å². The fraction of sp³-hybridized carbons (Fsp3) is 0.391. The number of nitrogens with one attached hydrogen (secondary N) is 2. The molecule has 1 atom stereocenters. The van der Waals surface area contributed by atoms with Gasteiger partial charge in [0, 0.05) is 42.6 Å². The number of nitrogens with zero attached hydrogens (tertiary/aromatic N) is 2. The van der Waals surface area contributed by atoms with Crippen molar-refractivity contribution < 1.29 is 9.59 Å². The molecule has 0 saturated carbocycles. The number of carbonyl (C=O) groups is 2. The number of hydrogen-bond acceptors (Lipinski definition) is 4. The Bertz CT molecular complexity index is 864. The zero-order chi connectivity index (χ0) is 21.5. The van der Waals surface area contributed by atoms with E-state index in [-0.39, 0.29) is 17.9 Å². The summed E-state index contributed by atoms with van der Waals surface area (Å²) in [5.74, 6) is -0.0439. The van der Waals surface area contributed by atoms with E-state index in [0.29, 0.717) is 11.6 Å². The number of anilines is 2. The van der Waals surface area contributed by atoms with Crippen LogP contribution in [0.1, 0.15) is 19.4 Å². The molecule has 0 aliphatic carbocycles. The molecule has 0 aromatic heterocycles. The van der Waals surface area contributed by atoms with Gasteiger partial charge in [-0.25, -0.2) is 0 Å². The maximum atomic E-state index is 12.6. The average molecular weight is 429 g/mol. The summed E-state index contributed by atoms with van der Waals surface area (Å²) in [6, 6.07) is 14.7. The van der Waals surface area contributed by atoms with Gasteiger partial charge in [-0.1, -0.05) is 36.7 Å². The second kappa shape index (κ2) is 10.6. The first-order valence-electron chi connectivity index (χ1n) is 10.4. The van der Waals surface area contributed by atoms with Gasteiger partial charge in [-0.3, -0.25) is 19.4 Å². The molecule has 30 heavy (non-hydrogen) atoms. The Morgan fingerprint density at radius 2 is 1.67 bits per heavy atom. The summed E-state index contributed by atoms with van der Waals surface area (Å²) in [6.07, 6.45) is 0.880. The van der Waals surface area contributed by atoms with E-state index in [2.05, 4.69) is 27.4 Å². The maximum absolute atomic E-state index is 12.6. The van der Waals surface area contributed by atoms with Crippen molar-refractivity contribution in [3.05, 3.63) is 59.1 Å². The Hall–Kier alpha value is -2.41. The molecule has 0 spiro atoms. The van der Waals surface area contributed by atoms with E-state index >= 15 is 0 Å². The van der Waals surface area contributed by atoms with Crippen LogP contribution >= 0.6 is 11.6 Å². The van der Waals surface area contributed by atoms with Crippen LogP contribution in [0.3, 0.4) is 0 Å². The van der Waals surface area contributed by atoms with E-state index in [4.69, 9.17) is 11.6 Å². The van der Waals surface area contributed by atoms with E-state index in [1.165, 1.54) is 0 Å². The molecule has 1 heterocycles. The quantitative estimate of drug-likeness (QED) is 0.708. The highest BCUT2D eigenvalue weighted by molar-refractivity contribution is 6.30. The second-order valence-electron chi connectivity index (χ2n) is 7.54. The molecule has 1 saturated heterocycles. The van der Waals surface area contributed by atoms with Crippen LogP contribution in [0.25, 0.3) is 0 Å². The van der Waals surface area contributed by atoms with E-state index in [9.17, 15) is 9.59 Å². The molecule has 6 nitrogen and oxygen atoms in total. The fourth-order valence-corrected chi connectivity index (χ4v) is 3.72. The average Bonchev–Trinajstić information content (AvgIpc) is 2.75. The molecule has 2 aromatic carbocycles. The minimum Gasteiger partial charge on any atom is -0.325 e. The van der Waals surface area contributed by atoms with Gasteiger partial charge in [-0.2, -0.15) is 0 Å². The summed E-state index contributed by atoms with van der Waals surface area (Å²) in [5.41, 5.74) is 2.76. The molecule has 2 aromatic rings. The smallest absolute Gasteiger partial charge is 0.241 e. The molecule has 0 bridgehead atoms. The van der Waals surface area contributed by atoms with Crippen LogP contribution in [0.15, 0.2) is 48.5 Å². The Morgan fingerprint density at radius 3 is 2.33 bits per heavy atom. The van der Waals surface area contributed by atoms with Crippen molar-refractivity contribution in [2.45, 2.75) is 26.3 Å². The Kier molecular flexibility index (Phi) is 7.85. The molecular formula is C23H29ClN4O2. The van der Waals surface area contributed by atoms with Crippen LogP contribution in [0.5, 0.6) is 0 Å². The first-order chi connectivity index (χ1) is 14.5. The highest BCUT2D eigenvalue weighted by atomic mass is 35.5. The lowest BCUT2D eigenvalue weighted by atomic mass is 10.1. The lowest BCUT2D eigenvalue weighted by Crippen LogP contribution is -2.53. The zero-order valence-electron chi connectivity index (χ0n) is 17.5. The van der Waals surface area contributed by atoms with Gasteiger partial charge in [0.1, 0.15) is 0 Å². The van der Waals surface area contributed by atoms with Crippen molar-refractivity contribution in [3.8, 4) is 0 Å². The van der Waals surface area contributed by atoms with Crippen molar-refractivity contribution in [2.75, 3.05) is 43.4 Å². The number of amides is 2. The first-order valence-corrected chi connectivity index (χ1v) is 10.7. The predicted octanol–water partition coefficient (Wildman–Crippen LogP) is 3.49. The van der Waals surface area contributed by atoms with Gasteiger partial charge in [0.05, 0.1) is 12.6 Å².